The van der Waals surface area contributed by atoms with Crippen LogP contribution in [-0.4, -0.2) is 45.8 Å². The van der Waals surface area contributed by atoms with Crippen LogP contribution >= 0.6 is 0 Å². The van der Waals surface area contributed by atoms with Crippen molar-refractivity contribution in [3.05, 3.63) is 53.2 Å². The third-order valence-electron chi connectivity index (χ3n) is 6.73. The van der Waals surface area contributed by atoms with E-state index in [1.54, 1.807) is 0 Å². The van der Waals surface area contributed by atoms with Crippen LogP contribution in [0.2, 0.25) is 0 Å². The van der Waals surface area contributed by atoms with Gasteiger partial charge in [0, 0.05) is 32.0 Å². The van der Waals surface area contributed by atoms with E-state index in [9.17, 15) is 9.90 Å². The lowest BCUT2D eigenvalue weighted by molar-refractivity contribution is -0.0378. The third-order valence-corrected chi connectivity index (χ3v) is 6.73. The Morgan fingerprint density at radius 2 is 2.13 bits per heavy atom. The van der Waals surface area contributed by atoms with Crippen molar-refractivity contribution in [3.63, 3.8) is 0 Å². The minimum absolute atomic E-state index is 0.0303. The van der Waals surface area contributed by atoms with Crippen molar-refractivity contribution in [1.82, 2.24) is 15.3 Å². The number of nitrogens with zero attached hydrogens (tertiary/aromatic N) is 2. The maximum absolute atomic E-state index is 12.8. The number of imidazole rings is 1. The first kappa shape index (κ1) is 21.5. The van der Waals surface area contributed by atoms with Gasteiger partial charge in [0.05, 0.1) is 17.8 Å². The first-order valence-corrected chi connectivity index (χ1v) is 11.0. The molecule has 0 spiro atoms. The summed E-state index contributed by atoms with van der Waals surface area (Å²) in [7, 11) is 0. The number of carbonyl (C=O) groups excluding carboxylic acids is 1. The van der Waals surface area contributed by atoms with Gasteiger partial charge in [-0.05, 0) is 30.3 Å². The Morgan fingerprint density at radius 1 is 1.35 bits per heavy atom. The summed E-state index contributed by atoms with van der Waals surface area (Å²) in [6.07, 6.45) is 13.9. The zero-order valence-electron chi connectivity index (χ0n) is 18.1. The molecule has 0 bridgehead atoms. The molecule has 164 valence electrons. The Kier molecular flexibility index (Phi) is 5.87. The fourth-order valence-electron chi connectivity index (χ4n) is 4.57. The molecule has 2 atom stereocenters. The van der Waals surface area contributed by atoms with Crippen LogP contribution in [-0.2, 0) is 4.74 Å². The summed E-state index contributed by atoms with van der Waals surface area (Å²) >= 11 is 0. The number of rotatable bonds is 4. The third kappa shape index (κ3) is 4.65. The van der Waals surface area contributed by atoms with E-state index in [0.717, 1.165) is 24.8 Å². The van der Waals surface area contributed by atoms with Gasteiger partial charge in [-0.3, -0.25) is 4.79 Å². The van der Waals surface area contributed by atoms with Crippen LogP contribution in [0, 0.1) is 22.7 Å². The Morgan fingerprint density at radius 3 is 2.77 bits per heavy atom. The summed E-state index contributed by atoms with van der Waals surface area (Å²) in [5, 5.41) is 23.2. The molecule has 3 aliphatic rings. The smallest absolute Gasteiger partial charge is 0.287 e. The van der Waals surface area contributed by atoms with E-state index >= 15 is 0 Å². The number of carbonyl (C=O) groups is 1. The Balaban J connectivity index is 1.60. The minimum atomic E-state index is -0.890. The molecule has 1 amide bonds. The quantitative estimate of drug-likeness (QED) is 0.646. The van der Waals surface area contributed by atoms with E-state index < -0.39 is 5.60 Å². The summed E-state index contributed by atoms with van der Waals surface area (Å²) in [6, 6.07) is 1.70. The van der Waals surface area contributed by atoms with Crippen molar-refractivity contribution in [1.29, 1.82) is 5.26 Å². The molecule has 31 heavy (non-hydrogen) atoms. The van der Waals surface area contributed by atoms with Gasteiger partial charge in [-0.1, -0.05) is 43.7 Å². The molecule has 0 saturated carbocycles. The van der Waals surface area contributed by atoms with E-state index in [1.165, 1.54) is 11.8 Å². The average Bonchev–Trinajstić information content (AvgIpc) is 3.24. The molecule has 0 aromatic carbocycles. The Bertz CT molecular complexity index is 973. The van der Waals surface area contributed by atoms with Gasteiger partial charge in [0.25, 0.3) is 5.91 Å². The number of allylic oxidation sites excluding steroid dienone is 1. The zero-order chi connectivity index (χ0) is 22.1. The number of amides is 1. The molecule has 2 aliphatic carbocycles. The van der Waals surface area contributed by atoms with Gasteiger partial charge in [0.1, 0.15) is 11.8 Å². The van der Waals surface area contributed by atoms with Crippen LogP contribution in [0.5, 0.6) is 0 Å². The summed E-state index contributed by atoms with van der Waals surface area (Å²) in [4.78, 5) is 19.5. The molecule has 7 nitrogen and oxygen atoms in total. The molecule has 1 aromatic rings. The van der Waals surface area contributed by atoms with E-state index in [4.69, 9.17) is 10.00 Å². The molecular weight excluding hydrogens is 392 g/mol. The largest absolute Gasteiger partial charge is 0.385 e. The number of hydrogen-bond donors (Lipinski definition) is 3. The molecule has 3 N–H and O–H groups in total. The highest BCUT2D eigenvalue weighted by atomic mass is 16.5. The zero-order valence-corrected chi connectivity index (χ0v) is 18.1. The monoisotopic (exact) mass is 422 g/mol. The van der Waals surface area contributed by atoms with Gasteiger partial charge in [0.15, 0.2) is 5.82 Å². The van der Waals surface area contributed by atoms with Crippen molar-refractivity contribution in [2.24, 2.45) is 11.3 Å². The van der Waals surface area contributed by atoms with Crippen molar-refractivity contribution in [2.45, 2.75) is 57.6 Å². The number of nitrogens with one attached hydrogen (secondary N) is 2. The van der Waals surface area contributed by atoms with Crippen molar-refractivity contribution in [3.8, 4) is 6.07 Å². The van der Waals surface area contributed by atoms with Crippen LogP contribution < -0.4 is 5.32 Å². The lowest BCUT2D eigenvalue weighted by Crippen LogP contribution is -2.44. The summed E-state index contributed by atoms with van der Waals surface area (Å²) in [5.41, 5.74) is 1.84. The first-order chi connectivity index (χ1) is 14.8. The summed E-state index contributed by atoms with van der Waals surface area (Å²) in [5.74, 6) is -0.253. The minimum Gasteiger partial charge on any atom is -0.385 e. The molecule has 2 heterocycles. The Hall–Kier alpha value is -2.69. The van der Waals surface area contributed by atoms with Crippen LogP contribution in [0.1, 0.15) is 62.3 Å². The second-order valence-electron chi connectivity index (χ2n) is 9.55. The highest BCUT2D eigenvalue weighted by molar-refractivity contribution is 5.91. The molecule has 4 rings (SSSR count). The number of aromatic nitrogens is 2. The second kappa shape index (κ2) is 8.45. The van der Waals surface area contributed by atoms with E-state index in [2.05, 4.69) is 41.3 Å². The fourth-order valence-corrected chi connectivity index (χ4v) is 4.57. The van der Waals surface area contributed by atoms with Crippen LogP contribution in [0.4, 0.5) is 0 Å². The van der Waals surface area contributed by atoms with Crippen LogP contribution in [0.25, 0.3) is 0 Å². The normalized spacial score (nSPS) is 27.0. The van der Waals surface area contributed by atoms with E-state index in [-0.39, 0.29) is 34.8 Å². The van der Waals surface area contributed by atoms with Crippen molar-refractivity contribution in [2.75, 3.05) is 13.2 Å². The fraction of sp³-hybridized carbons (Fsp3) is 0.542. The number of aliphatic hydroxyl groups is 1. The van der Waals surface area contributed by atoms with Gasteiger partial charge >= 0.3 is 0 Å². The van der Waals surface area contributed by atoms with Crippen molar-refractivity contribution >= 4 is 5.91 Å². The lowest BCUT2D eigenvalue weighted by atomic mass is 9.71. The maximum atomic E-state index is 12.8. The second-order valence-corrected chi connectivity index (χ2v) is 9.55. The van der Waals surface area contributed by atoms with Gasteiger partial charge in [-0.25, -0.2) is 4.98 Å². The van der Waals surface area contributed by atoms with Gasteiger partial charge < -0.3 is 20.1 Å². The van der Waals surface area contributed by atoms with Gasteiger partial charge in [-0.2, -0.15) is 5.26 Å². The Labute approximate surface area is 182 Å². The number of nitriles is 1. The molecule has 1 aromatic heterocycles. The average molecular weight is 423 g/mol. The molecule has 7 heteroatoms. The predicted octanol–water partition coefficient (Wildman–Crippen LogP) is 3.17. The highest BCUT2D eigenvalue weighted by Crippen LogP contribution is 2.41. The summed E-state index contributed by atoms with van der Waals surface area (Å²) < 4.78 is 5.44. The number of aromatic amines is 1. The number of ether oxygens (including phenoxy) is 1. The van der Waals surface area contributed by atoms with E-state index in [1.807, 2.05) is 18.2 Å². The predicted molar refractivity (Wildman–Crippen MR) is 116 cm³/mol. The number of H-pyrrole nitrogens is 1. The SMILES string of the molecule is CC1(C)CC=C(C2C=C(C3(O)CCOCC3)C=CC2NC(=O)c2ncc(C#N)[nH]2)CC1. The van der Waals surface area contributed by atoms with Crippen molar-refractivity contribution < 1.29 is 14.6 Å². The standard InChI is InChI=1S/C24H30N4O3/c1-23(2)7-5-16(6-8-23)19-13-17(24(30)9-11-31-12-10-24)3-4-20(19)28-22(29)21-26-15-18(14-25)27-21/h3-5,13,15,19-20,30H,6-12H2,1-2H3,(H,26,27)(H,28,29). The first-order valence-electron chi connectivity index (χ1n) is 11.0. The van der Waals surface area contributed by atoms with Gasteiger partial charge in [0.2, 0.25) is 0 Å². The van der Waals surface area contributed by atoms with Crippen LogP contribution in [0.15, 0.2) is 41.6 Å². The lowest BCUT2D eigenvalue weighted by Gasteiger charge is -2.39. The van der Waals surface area contributed by atoms with E-state index in [0.29, 0.717) is 26.1 Å². The molecular formula is C24H30N4O3. The molecule has 2 unspecified atom stereocenters. The molecule has 1 fully saturated rings. The summed E-state index contributed by atoms with van der Waals surface area (Å²) in [6.45, 7) is 5.64. The molecule has 1 saturated heterocycles. The maximum Gasteiger partial charge on any atom is 0.287 e. The topological polar surface area (TPSA) is 111 Å². The van der Waals surface area contributed by atoms with Gasteiger partial charge in [-0.15, -0.1) is 0 Å². The highest BCUT2D eigenvalue weighted by Gasteiger charge is 2.37. The molecule has 1 aliphatic heterocycles. The molecule has 0 radical (unpaired) electrons. The van der Waals surface area contributed by atoms with Crippen LogP contribution in [0.3, 0.4) is 0 Å². The number of hydrogen-bond acceptors (Lipinski definition) is 5.